The maximum atomic E-state index is 12.5. The van der Waals surface area contributed by atoms with Crippen LogP contribution in [0.15, 0.2) is 34.9 Å². The van der Waals surface area contributed by atoms with Gasteiger partial charge in [-0.15, -0.1) is 0 Å². The first-order valence-electron chi connectivity index (χ1n) is 11.5. The molecule has 0 amide bonds. The zero-order valence-electron chi connectivity index (χ0n) is 18.7. The van der Waals surface area contributed by atoms with E-state index < -0.39 is 10.0 Å². The fraction of sp³-hybridized carbons (Fsp3) is 0.545. The van der Waals surface area contributed by atoms with E-state index in [1.165, 1.54) is 5.69 Å². The monoisotopic (exact) mass is 535 g/mol. The molecule has 33 heavy (non-hydrogen) atoms. The Morgan fingerprint density at radius 2 is 1.76 bits per heavy atom. The van der Waals surface area contributed by atoms with Crippen molar-refractivity contribution in [1.82, 2.24) is 19.2 Å². The minimum absolute atomic E-state index is 0.0282. The summed E-state index contributed by atoms with van der Waals surface area (Å²) < 4.78 is 27.4. The highest BCUT2D eigenvalue weighted by Gasteiger charge is 2.42. The summed E-state index contributed by atoms with van der Waals surface area (Å²) in [4.78, 5) is 13.8. The van der Waals surface area contributed by atoms with Gasteiger partial charge in [-0.05, 0) is 66.5 Å². The molecule has 3 fully saturated rings. The number of hydrogen-bond acceptors (Lipinski definition) is 8. The highest BCUT2D eigenvalue weighted by molar-refractivity contribution is 9.10. The minimum Gasteiger partial charge on any atom is -0.369 e. The number of aromatic nitrogens is 2. The van der Waals surface area contributed by atoms with Gasteiger partial charge >= 0.3 is 0 Å². The molecular weight excluding hydrogens is 506 g/mol. The summed E-state index contributed by atoms with van der Waals surface area (Å²) in [5.74, 6) is 1.16. The predicted octanol–water partition coefficient (Wildman–Crippen LogP) is 2.71. The van der Waals surface area contributed by atoms with E-state index in [0.717, 1.165) is 55.6 Å². The highest BCUT2D eigenvalue weighted by Crippen LogP contribution is 2.33. The summed E-state index contributed by atoms with van der Waals surface area (Å²) in [6, 6.07) is 8.37. The number of nitrogens with one attached hydrogen (secondary N) is 2. The zero-order valence-corrected chi connectivity index (χ0v) is 21.1. The van der Waals surface area contributed by atoms with Crippen LogP contribution in [0.25, 0.3) is 0 Å². The maximum absolute atomic E-state index is 12.5. The molecule has 2 N–H and O–H groups in total. The van der Waals surface area contributed by atoms with E-state index in [9.17, 15) is 8.42 Å². The van der Waals surface area contributed by atoms with Gasteiger partial charge in [-0.25, -0.2) is 13.4 Å². The third kappa shape index (κ3) is 5.26. The molecule has 0 radical (unpaired) electrons. The number of hydrogen-bond donors (Lipinski definition) is 2. The van der Waals surface area contributed by atoms with E-state index in [1.54, 1.807) is 10.5 Å². The fourth-order valence-corrected chi connectivity index (χ4v) is 6.53. The van der Waals surface area contributed by atoms with Crippen molar-refractivity contribution in [3.8, 4) is 0 Å². The van der Waals surface area contributed by atoms with Crippen LogP contribution >= 0.6 is 15.9 Å². The number of rotatable bonds is 7. The van der Waals surface area contributed by atoms with Crippen LogP contribution in [0.2, 0.25) is 0 Å². The quantitative estimate of drug-likeness (QED) is 0.558. The maximum Gasteiger partial charge on any atom is 0.229 e. The lowest BCUT2D eigenvalue weighted by Gasteiger charge is -2.34. The van der Waals surface area contributed by atoms with Crippen LogP contribution in [0, 0.1) is 0 Å². The number of anilines is 4. The van der Waals surface area contributed by atoms with Crippen molar-refractivity contribution in [3.63, 3.8) is 0 Å². The van der Waals surface area contributed by atoms with Gasteiger partial charge in [0.2, 0.25) is 16.0 Å². The Balaban J connectivity index is 1.21. The number of piperazine rings is 1. The summed E-state index contributed by atoms with van der Waals surface area (Å²) in [5, 5.41) is 6.51. The molecule has 2 saturated heterocycles. The average molecular weight is 537 g/mol. The Morgan fingerprint density at radius 3 is 2.45 bits per heavy atom. The van der Waals surface area contributed by atoms with Crippen molar-refractivity contribution < 1.29 is 8.42 Å². The van der Waals surface area contributed by atoms with Gasteiger partial charge in [0.1, 0.15) is 5.82 Å². The molecule has 1 aliphatic carbocycles. The summed E-state index contributed by atoms with van der Waals surface area (Å²) in [6.07, 6.45) is 4.06. The van der Waals surface area contributed by atoms with Gasteiger partial charge in [0, 0.05) is 62.9 Å². The van der Waals surface area contributed by atoms with E-state index >= 15 is 0 Å². The Hall–Kier alpha value is -1.95. The standard InChI is InChI=1S/C22H30BrN7O2S/c1-28-10-12-29(13-11-28)18-4-2-16(3-5-18)26-22-24-14-20(23)21(27-22)25-17-8-9-30(15-17)33(31,32)19-6-7-19/h2-5,14,17,19H,6-13,15H2,1H3,(H2,24,25,26,27)/t17-/m0/s1. The van der Waals surface area contributed by atoms with Gasteiger partial charge in [-0.3, -0.25) is 0 Å². The molecule has 0 spiro atoms. The molecule has 3 aliphatic rings. The molecule has 9 nitrogen and oxygen atoms in total. The first kappa shape index (κ1) is 22.8. The molecule has 11 heteroatoms. The number of nitrogens with zero attached hydrogens (tertiary/aromatic N) is 5. The molecule has 2 aliphatic heterocycles. The largest absolute Gasteiger partial charge is 0.369 e. The van der Waals surface area contributed by atoms with E-state index in [2.05, 4.69) is 65.5 Å². The first-order chi connectivity index (χ1) is 15.9. The lowest BCUT2D eigenvalue weighted by Crippen LogP contribution is -2.44. The number of likely N-dealkylation sites (N-methyl/N-ethyl adjacent to an activating group) is 1. The number of halogens is 1. The molecule has 1 saturated carbocycles. The van der Waals surface area contributed by atoms with Gasteiger partial charge < -0.3 is 20.4 Å². The van der Waals surface area contributed by atoms with Crippen LogP contribution in [0.4, 0.5) is 23.1 Å². The molecular formula is C22H30BrN7O2S. The predicted molar refractivity (Wildman–Crippen MR) is 135 cm³/mol. The molecule has 1 atom stereocenters. The number of sulfonamides is 1. The molecule has 5 rings (SSSR count). The summed E-state index contributed by atoms with van der Waals surface area (Å²) in [7, 11) is -0.976. The van der Waals surface area contributed by atoms with Gasteiger partial charge in [-0.2, -0.15) is 9.29 Å². The van der Waals surface area contributed by atoms with Crippen LogP contribution in [0.5, 0.6) is 0 Å². The van der Waals surface area contributed by atoms with Crippen molar-refractivity contribution in [2.45, 2.75) is 30.6 Å². The van der Waals surface area contributed by atoms with Crippen molar-refractivity contribution >= 4 is 49.1 Å². The van der Waals surface area contributed by atoms with Crippen LogP contribution in [0.3, 0.4) is 0 Å². The van der Waals surface area contributed by atoms with Crippen molar-refractivity contribution in [3.05, 3.63) is 34.9 Å². The van der Waals surface area contributed by atoms with Crippen LogP contribution < -0.4 is 15.5 Å². The van der Waals surface area contributed by atoms with Crippen molar-refractivity contribution in [2.24, 2.45) is 0 Å². The van der Waals surface area contributed by atoms with E-state index in [0.29, 0.717) is 24.9 Å². The first-order valence-corrected chi connectivity index (χ1v) is 13.8. The second-order valence-corrected chi connectivity index (χ2v) is 12.2. The lowest BCUT2D eigenvalue weighted by atomic mass is 10.2. The average Bonchev–Trinajstić information content (AvgIpc) is 3.57. The van der Waals surface area contributed by atoms with Gasteiger partial charge in [-0.1, -0.05) is 0 Å². The van der Waals surface area contributed by atoms with Crippen LogP contribution in [-0.4, -0.2) is 85.2 Å². The van der Waals surface area contributed by atoms with Gasteiger partial charge in [0.15, 0.2) is 0 Å². The lowest BCUT2D eigenvalue weighted by molar-refractivity contribution is 0.313. The van der Waals surface area contributed by atoms with E-state index in [4.69, 9.17) is 0 Å². The SMILES string of the molecule is CN1CCN(c2ccc(Nc3ncc(Br)c(N[C@H]4CCN(S(=O)(=O)C5CC5)C4)n3)cc2)CC1. The molecule has 2 aromatic rings. The molecule has 1 aromatic carbocycles. The second kappa shape index (κ2) is 9.36. The van der Waals surface area contributed by atoms with Crippen LogP contribution in [0.1, 0.15) is 19.3 Å². The molecule has 1 aromatic heterocycles. The van der Waals surface area contributed by atoms with Crippen LogP contribution in [-0.2, 0) is 10.0 Å². The Morgan fingerprint density at radius 1 is 1.03 bits per heavy atom. The molecule has 3 heterocycles. The fourth-order valence-electron chi connectivity index (χ4n) is 4.33. The normalized spacial score (nSPS) is 22.5. The summed E-state index contributed by atoms with van der Waals surface area (Å²) in [6.45, 7) is 5.26. The van der Waals surface area contributed by atoms with E-state index in [1.807, 2.05) is 12.1 Å². The zero-order chi connectivity index (χ0) is 23.0. The summed E-state index contributed by atoms with van der Waals surface area (Å²) in [5.41, 5.74) is 2.14. The molecule has 178 valence electrons. The molecule has 0 bridgehead atoms. The minimum atomic E-state index is -3.13. The topological polar surface area (TPSA) is 93.7 Å². The van der Waals surface area contributed by atoms with Crippen molar-refractivity contribution in [1.29, 1.82) is 0 Å². The smallest absolute Gasteiger partial charge is 0.229 e. The summed E-state index contributed by atoms with van der Waals surface area (Å²) >= 11 is 3.51. The highest BCUT2D eigenvalue weighted by atomic mass is 79.9. The van der Waals surface area contributed by atoms with Crippen molar-refractivity contribution in [2.75, 3.05) is 61.8 Å². The molecule has 0 unspecified atom stereocenters. The van der Waals surface area contributed by atoms with Gasteiger partial charge in [0.25, 0.3) is 0 Å². The Labute approximate surface area is 203 Å². The third-order valence-corrected chi connectivity index (χ3v) is 9.48. The third-order valence-electron chi connectivity index (χ3n) is 6.53. The Bertz CT molecular complexity index is 1090. The Kier molecular flexibility index (Phi) is 6.47. The number of benzene rings is 1. The second-order valence-electron chi connectivity index (χ2n) is 9.08. The van der Waals surface area contributed by atoms with E-state index in [-0.39, 0.29) is 11.3 Å². The van der Waals surface area contributed by atoms with Gasteiger partial charge in [0.05, 0.1) is 9.72 Å².